The summed E-state index contributed by atoms with van der Waals surface area (Å²) in [5.41, 5.74) is 1.40. The van der Waals surface area contributed by atoms with Gasteiger partial charge in [-0.25, -0.2) is 0 Å². The minimum absolute atomic E-state index is 0.642. The van der Waals surface area contributed by atoms with E-state index in [9.17, 15) is 0 Å². The molecule has 1 aromatic carbocycles. The van der Waals surface area contributed by atoms with Crippen LogP contribution in [0.25, 0.3) is 0 Å². The van der Waals surface area contributed by atoms with Gasteiger partial charge in [-0.3, -0.25) is 0 Å². The third-order valence-electron chi connectivity index (χ3n) is 4.83. The number of rotatable bonds is 5. The molecule has 3 atom stereocenters. The van der Waals surface area contributed by atoms with Gasteiger partial charge in [0.25, 0.3) is 0 Å². The monoisotopic (exact) mass is 288 g/mol. The lowest BCUT2D eigenvalue weighted by Crippen LogP contribution is -2.44. The Kier molecular flexibility index (Phi) is 4.56. The topological polar surface area (TPSA) is 24.1 Å². The molecule has 2 aliphatic rings. The van der Waals surface area contributed by atoms with E-state index < -0.39 is 0 Å². The Morgan fingerprint density at radius 2 is 2.00 bits per heavy atom. The van der Waals surface area contributed by atoms with E-state index in [2.05, 4.69) is 41.0 Å². The number of hydrogen-bond acceptors (Lipinski definition) is 1. The summed E-state index contributed by atoms with van der Waals surface area (Å²) < 4.78 is 0. The maximum Gasteiger partial charge on any atom is 0.166 e. The lowest BCUT2D eigenvalue weighted by atomic mass is 9.96. The fourth-order valence-corrected chi connectivity index (χ4v) is 4.03. The van der Waals surface area contributed by atoms with Gasteiger partial charge in [0, 0.05) is 12.6 Å². The van der Waals surface area contributed by atoms with Gasteiger partial charge in [0.1, 0.15) is 0 Å². The molecule has 0 amide bonds. The average molecular weight is 288 g/mol. The van der Waals surface area contributed by atoms with Crippen molar-refractivity contribution in [3.05, 3.63) is 35.9 Å². The summed E-state index contributed by atoms with van der Waals surface area (Å²) >= 11 is 5.41. The maximum atomic E-state index is 5.41. The molecule has 3 heteroatoms. The fourth-order valence-electron chi connectivity index (χ4n) is 3.78. The fraction of sp³-hybridized carbons (Fsp3) is 0.588. The lowest BCUT2D eigenvalue weighted by molar-refractivity contribution is 0.389. The zero-order chi connectivity index (χ0) is 13.8. The number of nitrogens with one attached hydrogen (secondary N) is 2. The van der Waals surface area contributed by atoms with Crippen LogP contribution in [-0.2, 0) is 6.42 Å². The maximum absolute atomic E-state index is 5.41. The summed E-state index contributed by atoms with van der Waals surface area (Å²) in [6.45, 7) is 0.960. The van der Waals surface area contributed by atoms with Gasteiger partial charge in [-0.2, -0.15) is 0 Å². The normalized spacial score (nSPS) is 27.5. The quantitative estimate of drug-likeness (QED) is 0.642. The van der Waals surface area contributed by atoms with E-state index >= 15 is 0 Å². The molecule has 2 nitrogen and oxygen atoms in total. The van der Waals surface area contributed by atoms with Crippen molar-refractivity contribution in [3.8, 4) is 0 Å². The Morgan fingerprint density at radius 1 is 1.15 bits per heavy atom. The van der Waals surface area contributed by atoms with Crippen molar-refractivity contribution >= 4 is 17.3 Å². The summed E-state index contributed by atoms with van der Waals surface area (Å²) in [6.07, 6.45) is 7.84. The Bertz CT molecular complexity index is 446. The highest BCUT2D eigenvalue weighted by Gasteiger charge is 2.39. The molecule has 0 unspecified atom stereocenters. The van der Waals surface area contributed by atoms with Gasteiger partial charge in [0.05, 0.1) is 0 Å². The number of thiocarbonyl (C=S) groups is 1. The van der Waals surface area contributed by atoms with Crippen molar-refractivity contribution in [2.24, 2.45) is 11.8 Å². The highest BCUT2D eigenvalue weighted by atomic mass is 32.1. The van der Waals surface area contributed by atoms with Crippen LogP contribution < -0.4 is 10.6 Å². The van der Waals surface area contributed by atoms with Crippen molar-refractivity contribution < 1.29 is 0 Å². The molecule has 3 rings (SSSR count). The third-order valence-corrected chi connectivity index (χ3v) is 5.09. The number of benzene rings is 1. The molecule has 2 fully saturated rings. The Morgan fingerprint density at radius 3 is 2.70 bits per heavy atom. The smallest absolute Gasteiger partial charge is 0.166 e. The highest BCUT2D eigenvalue weighted by molar-refractivity contribution is 7.80. The van der Waals surface area contributed by atoms with Crippen molar-refractivity contribution in [2.45, 2.75) is 44.6 Å². The molecule has 0 aromatic heterocycles. The van der Waals surface area contributed by atoms with Crippen molar-refractivity contribution in [3.63, 3.8) is 0 Å². The van der Waals surface area contributed by atoms with Crippen LogP contribution in [0.5, 0.6) is 0 Å². The standard InChI is InChI=1S/C17H24N2S/c20-17(19-16-12-14-8-9-15(16)11-14)18-10-4-7-13-5-2-1-3-6-13/h1-3,5-6,14-16H,4,7-12H2,(H2,18,19,20)/t14-,15+,16+/m0/s1. The first kappa shape index (κ1) is 13.9. The summed E-state index contributed by atoms with van der Waals surface area (Å²) in [6, 6.07) is 11.3. The Balaban J connectivity index is 1.32. The second-order valence-corrected chi connectivity index (χ2v) is 6.68. The summed E-state index contributed by atoms with van der Waals surface area (Å²) in [5.74, 6) is 1.85. The third kappa shape index (κ3) is 3.51. The van der Waals surface area contributed by atoms with E-state index in [1.807, 2.05) is 0 Å². The molecule has 108 valence electrons. The second-order valence-electron chi connectivity index (χ2n) is 6.27. The van der Waals surface area contributed by atoms with Gasteiger partial charge in [0.2, 0.25) is 0 Å². The minimum atomic E-state index is 0.642. The zero-order valence-corrected chi connectivity index (χ0v) is 12.8. The Labute approximate surface area is 127 Å². The molecule has 0 spiro atoms. The molecule has 1 aromatic rings. The van der Waals surface area contributed by atoms with Crippen LogP contribution in [0.4, 0.5) is 0 Å². The molecule has 2 aliphatic carbocycles. The molecule has 20 heavy (non-hydrogen) atoms. The zero-order valence-electron chi connectivity index (χ0n) is 12.0. The van der Waals surface area contributed by atoms with Crippen LogP contribution in [0.15, 0.2) is 30.3 Å². The molecular formula is C17H24N2S. The van der Waals surface area contributed by atoms with Crippen LogP contribution in [0.3, 0.4) is 0 Å². The molecular weight excluding hydrogens is 264 g/mol. The Hall–Kier alpha value is -1.09. The van der Waals surface area contributed by atoms with Gasteiger partial charge in [-0.1, -0.05) is 36.8 Å². The van der Waals surface area contributed by atoms with Crippen molar-refractivity contribution in [2.75, 3.05) is 6.54 Å². The van der Waals surface area contributed by atoms with Crippen LogP contribution in [0.1, 0.15) is 37.7 Å². The van der Waals surface area contributed by atoms with Gasteiger partial charge in [-0.05, 0) is 61.7 Å². The van der Waals surface area contributed by atoms with E-state index in [4.69, 9.17) is 12.2 Å². The van der Waals surface area contributed by atoms with Crippen LogP contribution >= 0.6 is 12.2 Å². The molecule has 2 bridgehead atoms. The highest BCUT2D eigenvalue weighted by Crippen LogP contribution is 2.44. The van der Waals surface area contributed by atoms with E-state index in [-0.39, 0.29) is 0 Å². The van der Waals surface area contributed by atoms with Crippen LogP contribution in [0, 0.1) is 11.8 Å². The van der Waals surface area contributed by atoms with Crippen LogP contribution in [-0.4, -0.2) is 17.7 Å². The van der Waals surface area contributed by atoms with Crippen LogP contribution in [0.2, 0.25) is 0 Å². The average Bonchev–Trinajstić information content (AvgIpc) is 3.07. The largest absolute Gasteiger partial charge is 0.363 e. The van der Waals surface area contributed by atoms with E-state index in [0.29, 0.717) is 6.04 Å². The van der Waals surface area contributed by atoms with Gasteiger partial charge < -0.3 is 10.6 Å². The molecule has 0 aliphatic heterocycles. The second kappa shape index (κ2) is 6.57. The van der Waals surface area contributed by atoms with Crippen molar-refractivity contribution in [1.29, 1.82) is 0 Å². The van der Waals surface area contributed by atoms with Gasteiger partial charge >= 0.3 is 0 Å². The number of aryl methyl sites for hydroxylation is 1. The summed E-state index contributed by atoms with van der Waals surface area (Å²) in [5, 5.41) is 7.75. The number of hydrogen-bond donors (Lipinski definition) is 2. The van der Waals surface area contributed by atoms with Gasteiger partial charge in [-0.15, -0.1) is 0 Å². The molecule has 0 saturated heterocycles. The predicted octanol–water partition coefficient (Wildman–Crippen LogP) is 3.27. The molecule has 0 radical (unpaired) electrons. The summed E-state index contributed by atoms with van der Waals surface area (Å²) in [4.78, 5) is 0. The van der Waals surface area contributed by atoms with Gasteiger partial charge in [0.15, 0.2) is 5.11 Å². The number of fused-ring (bicyclic) bond motifs is 2. The first-order valence-electron chi connectivity index (χ1n) is 7.89. The molecule has 0 heterocycles. The SMILES string of the molecule is S=C(NCCCc1ccccc1)N[C@@H]1C[C@H]2CC[C@@H]1C2. The van der Waals surface area contributed by atoms with Crippen molar-refractivity contribution in [1.82, 2.24) is 10.6 Å². The predicted molar refractivity (Wildman–Crippen MR) is 87.7 cm³/mol. The molecule has 2 N–H and O–H groups in total. The minimum Gasteiger partial charge on any atom is -0.363 e. The van der Waals surface area contributed by atoms with E-state index in [1.165, 1.54) is 31.2 Å². The lowest BCUT2D eigenvalue weighted by Gasteiger charge is -2.24. The first-order valence-corrected chi connectivity index (χ1v) is 8.30. The van der Waals surface area contributed by atoms with E-state index in [0.717, 1.165) is 36.3 Å². The molecule has 2 saturated carbocycles. The first-order chi connectivity index (χ1) is 9.81. The summed E-state index contributed by atoms with van der Waals surface area (Å²) in [7, 11) is 0. The van der Waals surface area contributed by atoms with E-state index in [1.54, 1.807) is 0 Å².